The fraction of sp³-hybridized carbons (Fsp3) is 1.00. The topological polar surface area (TPSA) is 52.0 Å². The Bertz CT molecular complexity index is 212. The third-order valence-electron chi connectivity index (χ3n) is 4.99. The van der Waals surface area contributed by atoms with Crippen molar-refractivity contribution in [3.05, 3.63) is 0 Å². The highest BCUT2D eigenvalue weighted by molar-refractivity contribution is 5.17. The van der Waals surface area contributed by atoms with E-state index in [4.69, 9.17) is 11.5 Å². The van der Waals surface area contributed by atoms with Crippen molar-refractivity contribution < 1.29 is 0 Å². The Balaban J connectivity index is 2.44. The molecule has 2 nitrogen and oxygen atoms in total. The van der Waals surface area contributed by atoms with Gasteiger partial charge in [0.15, 0.2) is 0 Å². The van der Waals surface area contributed by atoms with Crippen LogP contribution < -0.4 is 11.5 Å². The third-order valence-corrected chi connectivity index (χ3v) is 4.99. The summed E-state index contributed by atoms with van der Waals surface area (Å²) in [5.74, 6) is 0.650. The molecule has 0 aromatic carbocycles. The first-order valence-electron chi connectivity index (χ1n) is 4.92. The highest BCUT2D eigenvalue weighted by Gasteiger charge is 2.63. The fourth-order valence-electron chi connectivity index (χ4n) is 3.51. The Morgan fingerprint density at radius 1 is 1.17 bits per heavy atom. The number of rotatable bonds is 0. The Kier molecular flexibility index (Phi) is 1.45. The van der Waals surface area contributed by atoms with Crippen LogP contribution in [0.1, 0.15) is 33.6 Å². The lowest BCUT2D eigenvalue weighted by Gasteiger charge is -2.37. The van der Waals surface area contributed by atoms with Crippen molar-refractivity contribution in [2.45, 2.75) is 45.7 Å². The van der Waals surface area contributed by atoms with Crippen LogP contribution in [-0.4, -0.2) is 12.1 Å². The Morgan fingerprint density at radius 3 is 2.00 bits per heavy atom. The standard InChI is InChI=1S/C10H20N2/c1-9(2)6-4-5-10(9,3)8(12)7(6)11/h6-8H,4-5,11-12H2,1-3H3/t6-,7+,8+,10-/m0/s1. The molecule has 0 radical (unpaired) electrons. The van der Waals surface area contributed by atoms with E-state index >= 15 is 0 Å². The Labute approximate surface area is 74.7 Å². The summed E-state index contributed by atoms with van der Waals surface area (Å²) >= 11 is 0. The van der Waals surface area contributed by atoms with Gasteiger partial charge in [-0.15, -0.1) is 0 Å². The zero-order valence-corrected chi connectivity index (χ0v) is 8.30. The predicted octanol–water partition coefficient (Wildman–Crippen LogP) is 1.10. The molecule has 2 aliphatic rings. The zero-order valence-electron chi connectivity index (χ0n) is 8.30. The molecule has 0 saturated heterocycles. The first kappa shape index (κ1) is 8.52. The van der Waals surface area contributed by atoms with Gasteiger partial charge in [-0.1, -0.05) is 20.8 Å². The van der Waals surface area contributed by atoms with E-state index in [-0.39, 0.29) is 17.5 Å². The number of fused-ring (bicyclic) bond motifs is 2. The predicted molar refractivity (Wildman–Crippen MR) is 50.6 cm³/mol. The molecule has 0 aliphatic heterocycles. The summed E-state index contributed by atoms with van der Waals surface area (Å²) in [4.78, 5) is 0. The van der Waals surface area contributed by atoms with Crippen molar-refractivity contribution >= 4 is 0 Å². The summed E-state index contributed by atoms with van der Waals surface area (Å²) in [5.41, 5.74) is 12.9. The highest BCUT2D eigenvalue weighted by Crippen LogP contribution is 2.64. The maximum Gasteiger partial charge on any atom is 0.0255 e. The molecule has 12 heavy (non-hydrogen) atoms. The monoisotopic (exact) mass is 168 g/mol. The van der Waals surface area contributed by atoms with Gasteiger partial charge in [0, 0.05) is 12.1 Å². The van der Waals surface area contributed by atoms with E-state index in [0.29, 0.717) is 11.3 Å². The molecule has 0 heterocycles. The van der Waals surface area contributed by atoms with Crippen molar-refractivity contribution in [2.24, 2.45) is 28.2 Å². The van der Waals surface area contributed by atoms with Crippen LogP contribution in [0.4, 0.5) is 0 Å². The Hall–Kier alpha value is -0.0800. The van der Waals surface area contributed by atoms with Crippen LogP contribution in [0.2, 0.25) is 0 Å². The van der Waals surface area contributed by atoms with Gasteiger partial charge in [0.2, 0.25) is 0 Å². The molecule has 0 aromatic rings. The summed E-state index contributed by atoms with van der Waals surface area (Å²) in [6.07, 6.45) is 2.54. The SMILES string of the molecule is CC1(C)[C@H]2CC[C@@]1(C)[C@H](N)[C@@H]2N. The number of hydrogen-bond donors (Lipinski definition) is 2. The zero-order chi connectivity index (χ0) is 9.15. The largest absolute Gasteiger partial charge is 0.326 e. The minimum absolute atomic E-state index is 0.214. The van der Waals surface area contributed by atoms with Gasteiger partial charge in [-0.3, -0.25) is 0 Å². The molecule has 0 aromatic heterocycles. The molecule has 0 unspecified atom stereocenters. The van der Waals surface area contributed by atoms with Gasteiger partial charge in [0.05, 0.1) is 0 Å². The van der Waals surface area contributed by atoms with Crippen LogP contribution in [0.3, 0.4) is 0 Å². The van der Waals surface area contributed by atoms with E-state index in [9.17, 15) is 0 Å². The minimum atomic E-state index is 0.214. The normalized spacial score (nSPS) is 56.2. The van der Waals surface area contributed by atoms with Crippen LogP contribution in [0.15, 0.2) is 0 Å². The second-order valence-electron chi connectivity index (χ2n) is 5.39. The molecule has 0 spiro atoms. The first-order chi connectivity index (χ1) is 5.41. The van der Waals surface area contributed by atoms with E-state index in [1.165, 1.54) is 12.8 Å². The highest BCUT2D eigenvalue weighted by atomic mass is 14.9. The van der Waals surface area contributed by atoms with E-state index in [1.54, 1.807) is 0 Å². The van der Waals surface area contributed by atoms with Crippen molar-refractivity contribution in [3.8, 4) is 0 Å². The van der Waals surface area contributed by atoms with Gasteiger partial charge in [-0.2, -0.15) is 0 Å². The van der Waals surface area contributed by atoms with Gasteiger partial charge in [-0.05, 0) is 29.6 Å². The van der Waals surface area contributed by atoms with E-state index in [1.807, 2.05) is 0 Å². The van der Waals surface area contributed by atoms with E-state index < -0.39 is 0 Å². The molecule has 0 amide bonds. The van der Waals surface area contributed by atoms with Gasteiger partial charge in [-0.25, -0.2) is 0 Å². The van der Waals surface area contributed by atoms with Crippen LogP contribution in [-0.2, 0) is 0 Å². The smallest absolute Gasteiger partial charge is 0.0255 e. The average Bonchev–Trinajstić information content (AvgIpc) is 2.26. The molecule has 2 heteroatoms. The fourth-order valence-corrected chi connectivity index (χ4v) is 3.51. The lowest BCUT2D eigenvalue weighted by Crippen LogP contribution is -2.50. The van der Waals surface area contributed by atoms with E-state index in [0.717, 1.165) is 0 Å². The lowest BCUT2D eigenvalue weighted by molar-refractivity contribution is 0.136. The summed E-state index contributed by atoms with van der Waals surface area (Å²) < 4.78 is 0. The van der Waals surface area contributed by atoms with Gasteiger partial charge in [0.25, 0.3) is 0 Å². The third kappa shape index (κ3) is 0.647. The molecular weight excluding hydrogens is 148 g/mol. The molecule has 2 saturated carbocycles. The molecule has 2 fully saturated rings. The second kappa shape index (κ2) is 2.05. The molecule has 2 rings (SSSR count). The molecular formula is C10H20N2. The number of nitrogens with two attached hydrogens (primary N) is 2. The van der Waals surface area contributed by atoms with Crippen molar-refractivity contribution in [3.63, 3.8) is 0 Å². The maximum absolute atomic E-state index is 6.15. The lowest BCUT2D eigenvalue weighted by atomic mass is 9.69. The summed E-state index contributed by atoms with van der Waals surface area (Å²) in [5, 5.41) is 0. The summed E-state index contributed by atoms with van der Waals surface area (Å²) in [7, 11) is 0. The molecule has 70 valence electrons. The first-order valence-corrected chi connectivity index (χ1v) is 4.92. The van der Waals surface area contributed by atoms with Gasteiger partial charge >= 0.3 is 0 Å². The van der Waals surface area contributed by atoms with Crippen LogP contribution in [0.5, 0.6) is 0 Å². The number of hydrogen-bond acceptors (Lipinski definition) is 2. The summed E-state index contributed by atoms with van der Waals surface area (Å²) in [6.45, 7) is 6.97. The molecule has 2 aliphatic carbocycles. The van der Waals surface area contributed by atoms with Crippen LogP contribution in [0.25, 0.3) is 0 Å². The summed E-state index contributed by atoms with van der Waals surface area (Å²) in [6, 6.07) is 0.449. The van der Waals surface area contributed by atoms with Crippen LogP contribution >= 0.6 is 0 Å². The average molecular weight is 168 g/mol. The van der Waals surface area contributed by atoms with Crippen molar-refractivity contribution in [1.82, 2.24) is 0 Å². The van der Waals surface area contributed by atoms with Gasteiger partial charge in [0.1, 0.15) is 0 Å². The molecule has 4 atom stereocenters. The van der Waals surface area contributed by atoms with Crippen LogP contribution in [0, 0.1) is 16.7 Å². The molecule has 4 N–H and O–H groups in total. The van der Waals surface area contributed by atoms with Crippen molar-refractivity contribution in [2.75, 3.05) is 0 Å². The second-order valence-corrected chi connectivity index (χ2v) is 5.39. The quantitative estimate of drug-likeness (QED) is 0.569. The van der Waals surface area contributed by atoms with Gasteiger partial charge < -0.3 is 11.5 Å². The van der Waals surface area contributed by atoms with Crippen molar-refractivity contribution in [1.29, 1.82) is 0 Å². The van der Waals surface area contributed by atoms with E-state index in [2.05, 4.69) is 20.8 Å². The maximum atomic E-state index is 6.15. The molecule has 2 bridgehead atoms. The Morgan fingerprint density at radius 2 is 1.75 bits per heavy atom. The minimum Gasteiger partial charge on any atom is -0.326 e.